The van der Waals surface area contributed by atoms with Gasteiger partial charge in [-0.3, -0.25) is 4.79 Å². The maximum atomic E-state index is 12.1. The standard InChI is InChI=1S/C16H19NO5/c18-13-8-17(15(19)6-10-4-5-10)9-14(13)22-12-3-1-2-11(7-12)16(20)21/h1-3,7,10,13-14,18H,4-6,8-9H2,(H,20,21)/t13-,14-/m1/s1. The Kier molecular flexibility index (Phi) is 4.02. The van der Waals surface area contributed by atoms with Crippen LogP contribution in [0.3, 0.4) is 0 Å². The maximum Gasteiger partial charge on any atom is 0.335 e. The highest BCUT2D eigenvalue weighted by Crippen LogP contribution is 2.33. The fraction of sp³-hybridized carbons (Fsp3) is 0.500. The van der Waals surface area contributed by atoms with E-state index in [1.54, 1.807) is 17.0 Å². The van der Waals surface area contributed by atoms with Crippen molar-refractivity contribution in [3.63, 3.8) is 0 Å². The fourth-order valence-electron chi connectivity index (χ4n) is 2.65. The molecule has 1 aromatic carbocycles. The first kappa shape index (κ1) is 14.8. The molecule has 3 rings (SSSR count). The number of carbonyl (C=O) groups excluding carboxylic acids is 1. The number of carboxylic acid groups (broad SMARTS) is 1. The molecule has 0 spiro atoms. The van der Waals surface area contributed by atoms with Crippen LogP contribution >= 0.6 is 0 Å². The summed E-state index contributed by atoms with van der Waals surface area (Å²) in [6.45, 7) is 0.610. The van der Waals surface area contributed by atoms with E-state index in [0.717, 1.165) is 12.8 Å². The van der Waals surface area contributed by atoms with Gasteiger partial charge in [0.25, 0.3) is 0 Å². The lowest BCUT2D eigenvalue weighted by Crippen LogP contribution is -2.31. The molecule has 2 N–H and O–H groups in total. The summed E-state index contributed by atoms with van der Waals surface area (Å²) in [7, 11) is 0. The molecular formula is C16H19NO5. The van der Waals surface area contributed by atoms with Crippen LogP contribution < -0.4 is 4.74 Å². The molecule has 0 unspecified atom stereocenters. The molecule has 0 aromatic heterocycles. The van der Waals surface area contributed by atoms with Crippen LogP contribution in [0.5, 0.6) is 5.75 Å². The number of aliphatic hydroxyl groups excluding tert-OH is 1. The SMILES string of the molecule is O=C(O)c1cccc(O[C@@H]2CN(C(=O)CC3CC3)C[C@H]2O)c1. The Hall–Kier alpha value is -2.08. The van der Waals surface area contributed by atoms with E-state index in [1.165, 1.54) is 12.1 Å². The number of aliphatic hydroxyl groups is 1. The van der Waals surface area contributed by atoms with Crippen molar-refractivity contribution in [1.82, 2.24) is 4.90 Å². The maximum absolute atomic E-state index is 12.1. The van der Waals surface area contributed by atoms with Crippen molar-refractivity contribution in [3.8, 4) is 5.75 Å². The Morgan fingerprint density at radius 1 is 1.27 bits per heavy atom. The normalized spacial score (nSPS) is 24.3. The number of ether oxygens (including phenoxy) is 1. The predicted octanol–water partition coefficient (Wildman–Crippen LogP) is 1.14. The number of aromatic carboxylic acids is 1. The molecule has 1 saturated heterocycles. The molecule has 1 aliphatic carbocycles. The molecule has 1 heterocycles. The van der Waals surface area contributed by atoms with Crippen LogP contribution in [-0.4, -0.2) is 52.3 Å². The van der Waals surface area contributed by atoms with E-state index < -0.39 is 18.2 Å². The third kappa shape index (κ3) is 3.39. The van der Waals surface area contributed by atoms with Crippen LogP contribution in [-0.2, 0) is 4.79 Å². The minimum atomic E-state index is -1.03. The molecule has 0 radical (unpaired) electrons. The van der Waals surface area contributed by atoms with Gasteiger partial charge in [-0.25, -0.2) is 4.79 Å². The van der Waals surface area contributed by atoms with Crippen molar-refractivity contribution in [2.24, 2.45) is 5.92 Å². The number of hydrogen-bond donors (Lipinski definition) is 2. The average Bonchev–Trinajstić information content (AvgIpc) is 3.22. The van der Waals surface area contributed by atoms with E-state index >= 15 is 0 Å². The van der Waals surface area contributed by atoms with Crippen LogP contribution in [0, 0.1) is 5.92 Å². The van der Waals surface area contributed by atoms with Crippen molar-refractivity contribution >= 4 is 11.9 Å². The van der Waals surface area contributed by atoms with Crippen molar-refractivity contribution in [2.75, 3.05) is 13.1 Å². The zero-order valence-corrected chi connectivity index (χ0v) is 12.1. The van der Waals surface area contributed by atoms with Crippen molar-refractivity contribution in [2.45, 2.75) is 31.5 Å². The lowest BCUT2D eigenvalue weighted by atomic mass is 10.2. The molecule has 1 saturated carbocycles. The minimum Gasteiger partial charge on any atom is -0.486 e. The summed E-state index contributed by atoms with van der Waals surface area (Å²) in [5.41, 5.74) is 0.131. The highest BCUT2D eigenvalue weighted by molar-refractivity contribution is 5.88. The number of nitrogens with zero attached hydrogens (tertiary/aromatic N) is 1. The zero-order chi connectivity index (χ0) is 15.7. The largest absolute Gasteiger partial charge is 0.486 e. The Bertz CT molecular complexity index is 584. The highest BCUT2D eigenvalue weighted by Gasteiger charge is 2.37. The van der Waals surface area contributed by atoms with Gasteiger partial charge in [-0.1, -0.05) is 6.07 Å². The predicted molar refractivity (Wildman–Crippen MR) is 77.7 cm³/mol. The Morgan fingerprint density at radius 2 is 2.05 bits per heavy atom. The zero-order valence-electron chi connectivity index (χ0n) is 12.1. The molecule has 6 nitrogen and oxygen atoms in total. The molecule has 2 fully saturated rings. The third-order valence-electron chi connectivity index (χ3n) is 4.12. The first-order valence-corrected chi connectivity index (χ1v) is 7.49. The first-order chi connectivity index (χ1) is 10.5. The lowest BCUT2D eigenvalue weighted by molar-refractivity contribution is -0.131. The number of amides is 1. The van der Waals surface area contributed by atoms with E-state index in [9.17, 15) is 14.7 Å². The highest BCUT2D eigenvalue weighted by atomic mass is 16.5. The summed E-state index contributed by atoms with van der Waals surface area (Å²) >= 11 is 0. The van der Waals surface area contributed by atoms with E-state index in [-0.39, 0.29) is 18.0 Å². The summed E-state index contributed by atoms with van der Waals surface area (Å²) < 4.78 is 5.67. The van der Waals surface area contributed by atoms with Crippen molar-refractivity contribution in [1.29, 1.82) is 0 Å². The quantitative estimate of drug-likeness (QED) is 0.851. The van der Waals surface area contributed by atoms with Gasteiger partial charge in [0.2, 0.25) is 5.91 Å². The molecular weight excluding hydrogens is 286 g/mol. The van der Waals surface area contributed by atoms with Gasteiger partial charge >= 0.3 is 5.97 Å². The molecule has 118 valence electrons. The molecule has 1 aromatic rings. The molecule has 1 amide bonds. The monoisotopic (exact) mass is 305 g/mol. The van der Waals surface area contributed by atoms with Gasteiger partial charge in [0.15, 0.2) is 0 Å². The molecule has 2 atom stereocenters. The first-order valence-electron chi connectivity index (χ1n) is 7.49. The van der Waals surface area contributed by atoms with Gasteiger partial charge in [-0.15, -0.1) is 0 Å². The minimum absolute atomic E-state index is 0.0620. The van der Waals surface area contributed by atoms with Gasteiger partial charge in [-0.05, 0) is 37.0 Å². The summed E-state index contributed by atoms with van der Waals surface area (Å²) in [6, 6.07) is 6.14. The smallest absolute Gasteiger partial charge is 0.335 e. The number of hydrogen-bond acceptors (Lipinski definition) is 4. The summed E-state index contributed by atoms with van der Waals surface area (Å²) in [5, 5.41) is 19.0. The fourth-order valence-corrected chi connectivity index (χ4v) is 2.65. The van der Waals surface area contributed by atoms with Crippen LogP contribution in [0.2, 0.25) is 0 Å². The van der Waals surface area contributed by atoms with Crippen molar-refractivity contribution in [3.05, 3.63) is 29.8 Å². The topological polar surface area (TPSA) is 87.1 Å². The Morgan fingerprint density at radius 3 is 2.73 bits per heavy atom. The van der Waals surface area contributed by atoms with Crippen LogP contribution in [0.1, 0.15) is 29.6 Å². The number of carbonyl (C=O) groups is 2. The third-order valence-corrected chi connectivity index (χ3v) is 4.12. The van der Waals surface area contributed by atoms with Crippen LogP contribution in [0.25, 0.3) is 0 Å². The van der Waals surface area contributed by atoms with Gasteiger partial charge in [-0.2, -0.15) is 0 Å². The molecule has 2 aliphatic rings. The second-order valence-electron chi connectivity index (χ2n) is 6.00. The Labute approximate surface area is 128 Å². The Balaban J connectivity index is 1.61. The average molecular weight is 305 g/mol. The van der Waals surface area contributed by atoms with E-state index in [2.05, 4.69) is 0 Å². The van der Waals surface area contributed by atoms with Gasteiger partial charge in [0, 0.05) is 6.42 Å². The number of carboxylic acids is 1. The van der Waals surface area contributed by atoms with Gasteiger partial charge in [0.05, 0.1) is 18.7 Å². The van der Waals surface area contributed by atoms with Crippen LogP contribution in [0.15, 0.2) is 24.3 Å². The number of rotatable bonds is 5. The van der Waals surface area contributed by atoms with E-state index in [1.807, 2.05) is 0 Å². The van der Waals surface area contributed by atoms with E-state index in [4.69, 9.17) is 9.84 Å². The summed E-state index contributed by atoms with van der Waals surface area (Å²) in [6.07, 6.45) is 1.51. The van der Waals surface area contributed by atoms with Crippen molar-refractivity contribution < 1.29 is 24.5 Å². The molecule has 0 bridgehead atoms. The molecule has 1 aliphatic heterocycles. The van der Waals surface area contributed by atoms with E-state index in [0.29, 0.717) is 24.6 Å². The summed E-state index contributed by atoms with van der Waals surface area (Å²) in [5.74, 6) is -0.0668. The molecule has 6 heteroatoms. The number of benzene rings is 1. The van der Waals surface area contributed by atoms with Crippen LogP contribution in [0.4, 0.5) is 0 Å². The molecule has 22 heavy (non-hydrogen) atoms. The van der Waals surface area contributed by atoms with Gasteiger partial charge < -0.3 is 19.8 Å². The number of likely N-dealkylation sites (tertiary alicyclic amines) is 1. The second-order valence-corrected chi connectivity index (χ2v) is 6.00. The number of β-amino-alcohol motifs (C(OH)–C–C–N with tert-alkyl or cyclic N) is 1. The second kappa shape index (κ2) is 5.96. The summed E-state index contributed by atoms with van der Waals surface area (Å²) in [4.78, 5) is 24.6. The van der Waals surface area contributed by atoms with Gasteiger partial charge in [0.1, 0.15) is 18.0 Å². The lowest BCUT2D eigenvalue weighted by Gasteiger charge is -2.17.